The molecule has 1 saturated carbocycles. The van der Waals surface area contributed by atoms with Gasteiger partial charge in [-0.2, -0.15) is 0 Å². The maximum absolute atomic E-state index is 13.5. The quantitative estimate of drug-likeness (QED) is 0.493. The highest BCUT2D eigenvalue weighted by Crippen LogP contribution is 2.41. The third-order valence-electron chi connectivity index (χ3n) is 5.97. The molecule has 182 valence electrons. The van der Waals surface area contributed by atoms with E-state index in [1.54, 1.807) is 42.7 Å². The van der Waals surface area contributed by atoms with Crippen LogP contribution in [0.2, 0.25) is 0 Å². The lowest BCUT2D eigenvalue weighted by atomic mass is 9.80. The second-order valence-electron chi connectivity index (χ2n) is 7.96. The van der Waals surface area contributed by atoms with Crippen LogP contribution in [0.15, 0.2) is 35.4 Å². The standard InChI is InChI=1S/C27H32O7/c1-16-8-9-19(10-17-12-21(29-2)26(33-6)22(13-17)30-3)25(28)20(16)11-18-14-23(31-4)27(34-7)24(15-18)32-5/h10-16H,8-9H2,1-7H3/b19-10-,20-11-/t16-/m1/s1. The molecule has 0 amide bonds. The number of rotatable bonds is 8. The van der Waals surface area contributed by atoms with Crippen LogP contribution in [0.1, 0.15) is 30.9 Å². The number of carbonyl (C=O) groups is 1. The number of Topliss-reactive ketones (excluding diaryl/α,β-unsaturated/α-hetero) is 1. The first kappa shape index (κ1) is 25.0. The zero-order valence-electron chi connectivity index (χ0n) is 20.8. The lowest BCUT2D eigenvalue weighted by molar-refractivity contribution is -0.113. The zero-order valence-corrected chi connectivity index (χ0v) is 20.8. The average molecular weight is 469 g/mol. The fourth-order valence-corrected chi connectivity index (χ4v) is 4.15. The van der Waals surface area contributed by atoms with Crippen molar-refractivity contribution in [2.75, 3.05) is 42.7 Å². The second-order valence-corrected chi connectivity index (χ2v) is 7.96. The Morgan fingerprint density at radius 3 is 1.47 bits per heavy atom. The van der Waals surface area contributed by atoms with E-state index in [-0.39, 0.29) is 11.7 Å². The lowest BCUT2D eigenvalue weighted by Crippen LogP contribution is -2.19. The average Bonchev–Trinajstić information content (AvgIpc) is 2.86. The first-order valence-corrected chi connectivity index (χ1v) is 11.0. The van der Waals surface area contributed by atoms with Crippen molar-refractivity contribution in [3.05, 3.63) is 46.5 Å². The van der Waals surface area contributed by atoms with Gasteiger partial charge in [-0.3, -0.25) is 4.79 Å². The van der Waals surface area contributed by atoms with Gasteiger partial charge in [0.1, 0.15) is 0 Å². The van der Waals surface area contributed by atoms with Crippen LogP contribution in [0.25, 0.3) is 12.2 Å². The van der Waals surface area contributed by atoms with Gasteiger partial charge in [-0.1, -0.05) is 6.92 Å². The van der Waals surface area contributed by atoms with Crippen molar-refractivity contribution in [2.24, 2.45) is 5.92 Å². The summed E-state index contributed by atoms with van der Waals surface area (Å²) in [6, 6.07) is 7.35. The molecule has 0 aliphatic heterocycles. The minimum absolute atomic E-state index is 0.0150. The number of hydrogen-bond acceptors (Lipinski definition) is 7. The van der Waals surface area contributed by atoms with E-state index < -0.39 is 0 Å². The largest absolute Gasteiger partial charge is 0.493 e. The van der Waals surface area contributed by atoms with Gasteiger partial charge in [0, 0.05) is 11.1 Å². The predicted molar refractivity (Wildman–Crippen MR) is 132 cm³/mol. The van der Waals surface area contributed by atoms with Crippen LogP contribution in [-0.4, -0.2) is 48.4 Å². The van der Waals surface area contributed by atoms with Gasteiger partial charge < -0.3 is 28.4 Å². The summed E-state index contributed by atoms with van der Waals surface area (Å²) < 4.78 is 32.6. The number of methoxy groups -OCH3 is 6. The van der Waals surface area contributed by atoms with Crippen LogP contribution >= 0.6 is 0 Å². The summed E-state index contributed by atoms with van der Waals surface area (Å²) in [5, 5.41) is 0. The van der Waals surface area contributed by atoms with Gasteiger partial charge >= 0.3 is 0 Å². The summed E-state index contributed by atoms with van der Waals surface area (Å²) in [6.07, 6.45) is 5.34. The summed E-state index contributed by atoms with van der Waals surface area (Å²) in [6.45, 7) is 2.07. The van der Waals surface area contributed by atoms with Crippen LogP contribution in [-0.2, 0) is 4.79 Å². The van der Waals surface area contributed by atoms with Crippen LogP contribution in [0.3, 0.4) is 0 Å². The summed E-state index contributed by atoms with van der Waals surface area (Å²) in [7, 11) is 9.40. The molecule has 0 spiro atoms. The monoisotopic (exact) mass is 468 g/mol. The maximum atomic E-state index is 13.5. The SMILES string of the molecule is COc1cc(/C=C2/CC[C@@H](C)/C(=C/c3cc(OC)c(OC)c(OC)c3)C2=O)cc(OC)c1OC. The van der Waals surface area contributed by atoms with Gasteiger partial charge in [0.2, 0.25) is 11.5 Å². The molecule has 0 heterocycles. The van der Waals surface area contributed by atoms with E-state index in [9.17, 15) is 4.79 Å². The molecule has 7 nitrogen and oxygen atoms in total. The van der Waals surface area contributed by atoms with Gasteiger partial charge in [-0.05, 0) is 66.3 Å². The molecular formula is C27H32O7. The number of ketones is 1. The van der Waals surface area contributed by atoms with E-state index in [0.717, 1.165) is 28.7 Å². The normalized spacial score (nSPS) is 18.1. The Morgan fingerprint density at radius 1 is 0.676 bits per heavy atom. The fourth-order valence-electron chi connectivity index (χ4n) is 4.15. The maximum Gasteiger partial charge on any atom is 0.203 e. The first-order chi connectivity index (χ1) is 16.4. The predicted octanol–water partition coefficient (Wildman–Crippen LogP) is 5.20. The molecule has 34 heavy (non-hydrogen) atoms. The van der Waals surface area contributed by atoms with Crippen molar-refractivity contribution in [1.82, 2.24) is 0 Å². The smallest absolute Gasteiger partial charge is 0.203 e. The van der Waals surface area contributed by atoms with Crippen molar-refractivity contribution in [3.63, 3.8) is 0 Å². The molecule has 0 aromatic heterocycles. The van der Waals surface area contributed by atoms with Crippen molar-refractivity contribution in [2.45, 2.75) is 19.8 Å². The van der Waals surface area contributed by atoms with Gasteiger partial charge in [0.25, 0.3) is 0 Å². The van der Waals surface area contributed by atoms with E-state index in [0.29, 0.717) is 40.9 Å². The number of allylic oxidation sites excluding steroid dienone is 2. The Hall–Kier alpha value is -3.61. The number of hydrogen-bond donors (Lipinski definition) is 0. The van der Waals surface area contributed by atoms with E-state index in [1.165, 1.54) is 0 Å². The second kappa shape index (κ2) is 11.0. The van der Waals surface area contributed by atoms with E-state index in [1.807, 2.05) is 36.4 Å². The Morgan fingerprint density at radius 2 is 1.09 bits per heavy atom. The van der Waals surface area contributed by atoms with Crippen LogP contribution in [0.4, 0.5) is 0 Å². The molecule has 1 aliphatic carbocycles. The molecule has 0 bridgehead atoms. The summed E-state index contributed by atoms with van der Waals surface area (Å²) >= 11 is 0. The minimum atomic E-state index is 0.0150. The number of carbonyl (C=O) groups excluding carboxylic acids is 1. The topological polar surface area (TPSA) is 72.5 Å². The molecule has 1 fully saturated rings. The molecule has 2 aromatic carbocycles. The summed E-state index contributed by atoms with van der Waals surface area (Å²) in [4.78, 5) is 13.5. The molecular weight excluding hydrogens is 436 g/mol. The highest BCUT2D eigenvalue weighted by Gasteiger charge is 2.27. The first-order valence-electron chi connectivity index (χ1n) is 11.0. The van der Waals surface area contributed by atoms with Crippen LogP contribution in [0, 0.1) is 5.92 Å². The van der Waals surface area contributed by atoms with Crippen LogP contribution < -0.4 is 28.4 Å². The highest BCUT2D eigenvalue weighted by atomic mass is 16.5. The van der Waals surface area contributed by atoms with E-state index in [4.69, 9.17) is 28.4 Å². The number of benzene rings is 2. The Balaban J connectivity index is 2.03. The van der Waals surface area contributed by atoms with Crippen molar-refractivity contribution < 1.29 is 33.2 Å². The third-order valence-corrected chi connectivity index (χ3v) is 5.97. The van der Waals surface area contributed by atoms with Gasteiger partial charge in [-0.15, -0.1) is 0 Å². The van der Waals surface area contributed by atoms with Crippen molar-refractivity contribution in [3.8, 4) is 34.5 Å². The number of ether oxygens (including phenoxy) is 6. The fraction of sp³-hybridized carbons (Fsp3) is 0.370. The Labute approximate surface area is 200 Å². The van der Waals surface area contributed by atoms with Crippen LogP contribution in [0.5, 0.6) is 34.5 Å². The van der Waals surface area contributed by atoms with E-state index in [2.05, 4.69) is 6.92 Å². The Kier molecular flexibility index (Phi) is 8.10. The third kappa shape index (κ3) is 4.98. The van der Waals surface area contributed by atoms with Gasteiger partial charge in [0.15, 0.2) is 28.8 Å². The minimum Gasteiger partial charge on any atom is -0.493 e. The summed E-state index contributed by atoms with van der Waals surface area (Å²) in [5.74, 6) is 3.31. The molecule has 1 aliphatic rings. The molecule has 0 radical (unpaired) electrons. The van der Waals surface area contributed by atoms with Gasteiger partial charge in [0.05, 0.1) is 42.7 Å². The molecule has 0 unspecified atom stereocenters. The molecule has 7 heteroatoms. The van der Waals surface area contributed by atoms with E-state index >= 15 is 0 Å². The molecule has 1 atom stereocenters. The zero-order chi connectivity index (χ0) is 24.8. The summed E-state index contributed by atoms with van der Waals surface area (Å²) in [5.41, 5.74) is 3.07. The molecule has 2 aromatic rings. The molecule has 3 rings (SSSR count). The molecule has 0 N–H and O–H groups in total. The molecule has 0 saturated heterocycles. The van der Waals surface area contributed by atoms with Crippen molar-refractivity contribution in [1.29, 1.82) is 0 Å². The highest BCUT2D eigenvalue weighted by molar-refractivity contribution is 6.14. The lowest BCUT2D eigenvalue weighted by Gasteiger charge is -2.23. The van der Waals surface area contributed by atoms with Crippen molar-refractivity contribution >= 4 is 17.9 Å². The Bertz CT molecular complexity index is 1060. The van der Waals surface area contributed by atoms with Gasteiger partial charge in [-0.25, -0.2) is 0 Å².